The predicted octanol–water partition coefficient (Wildman–Crippen LogP) is 2.89. The fourth-order valence-electron chi connectivity index (χ4n) is 3.58. The van der Waals surface area contributed by atoms with Crippen LogP contribution in [0.1, 0.15) is 46.0 Å². The molecule has 0 saturated carbocycles. The molecule has 18 heavy (non-hydrogen) atoms. The Hall–Kier alpha value is 0.270. The van der Waals surface area contributed by atoms with Gasteiger partial charge in [0.05, 0.1) is 0 Å². The fraction of sp³-hybridized carbons (Fsp3) is 1.00. The second-order valence-electron chi connectivity index (χ2n) is 6.29. The van der Waals surface area contributed by atoms with Gasteiger partial charge < -0.3 is 4.90 Å². The van der Waals surface area contributed by atoms with E-state index in [-0.39, 0.29) is 0 Å². The zero-order valence-corrected chi connectivity index (χ0v) is 13.1. The maximum absolute atomic E-state index is 4.61. The number of rotatable bonds is 6. The highest BCUT2D eigenvalue weighted by Gasteiger charge is 2.33. The second kappa shape index (κ2) is 6.62. The Morgan fingerprint density at radius 3 is 2.33 bits per heavy atom. The predicted molar refractivity (Wildman–Crippen MR) is 82.5 cm³/mol. The molecule has 0 radical (unpaired) electrons. The van der Waals surface area contributed by atoms with Crippen LogP contribution in [0, 0.1) is 5.41 Å². The molecule has 0 spiro atoms. The first-order chi connectivity index (χ1) is 8.73. The molecule has 1 atom stereocenters. The van der Waals surface area contributed by atoms with E-state index in [0.717, 1.165) is 11.8 Å². The molecular formula is C15H30N2S. The minimum atomic E-state index is 0.447. The first-order valence-corrected chi connectivity index (χ1v) is 8.43. The monoisotopic (exact) mass is 270 g/mol. The maximum atomic E-state index is 4.61. The van der Waals surface area contributed by atoms with Crippen molar-refractivity contribution >= 4 is 12.6 Å². The smallest absolute Gasteiger partial charge is 0.0235 e. The highest BCUT2D eigenvalue weighted by Crippen LogP contribution is 2.31. The molecule has 0 aromatic carbocycles. The quantitative estimate of drug-likeness (QED) is 0.742. The van der Waals surface area contributed by atoms with E-state index in [1.54, 1.807) is 0 Å². The summed E-state index contributed by atoms with van der Waals surface area (Å²) in [5.74, 6) is 1.03. The Bertz CT molecular complexity index is 239. The van der Waals surface area contributed by atoms with Gasteiger partial charge in [0.1, 0.15) is 0 Å². The molecule has 2 aliphatic rings. The Morgan fingerprint density at radius 1 is 1.11 bits per heavy atom. The summed E-state index contributed by atoms with van der Waals surface area (Å²) in [5.41, 5.74) is 0.447. The van der Waals surface area contributed by atoms with E-state index in [4.69, 9.17) is 0 Å². The van der Waals surface area contributed by atoms with Crippen molar-refractivity contribution in [2.45, 2.75) is 52.0 Å². The van der Waals surface area contributed by atoms with Crippen molar-refractivity contribution in [2.24, 2.45) is 5.41 Å². The molecule has 1 unspecified atom stereocenters. The zero-order valence-electron chi connectivity index (χ0n) is 12.2. The number of hydrogen-bond acceptors (Lipinski definition) is 3. The lowest BCUT2D eigenvalue weighted by molar-refractivity contribution is 0.167. The van der Waals surface area contributed by atoms with Gasteiger partial charge >= 0.3 is 0 Å². The summed E-state index contributed by atoms with van der Waals surface area (Å²) >= 11 is 4.61. The van der Waals surface area contributed by atoms with Crippen molar-refractivity contribution in [3.63, 3.8) is 0 Å². The van der Waals surface area contributed by atoms with Crippen LogP contribution in [0.2, 0.25) is 0 Å². The highest BCUT2D eigenvalue weighted by atomic mass is 32.1. The molecule has 0 aromatic heterocycles. The van der Waals surface area contributed by atoms with E-state index in [1.807, 2.05) is 0 Å². The maximum Gasteiger partial charge on any atom is 0.0235 e. The summed E-state index contributed by atoms with van der Waals surface area (Å²) in [7, 11) is 0. The third-order valence-corrected chi connectivity index (χ3v) is 5.97. The summed E-state index contributed by atoms with van der Waals surface area (Å²) in [5, 5.41) is 0. The van der Waals surface area contributed by atoms with Crippen LogP contribution in [-0.2, 0) is 0 Å². The van der Waals surface area contributed by atoms with Crippen molar-refractivity contribution in [1.82, 2.24) is 9.80 Å². The van der Waals surface area contributed by atoms with Gasteiger partial charge in [0, 0.05) is 19.1 Å². The van der Waals surface area contributed by atoms with Gasteiger partial charge in [0.25, 0.3) is 0 Å². The van der Waals surface area contributed by atoms with E-state index in [0.29, 0.717) is 5.41 Å². The molecule has 2 nitrogen and oxygen atoms in total. The van der Waals surface area contributed by atoms with Crippen LogP contribution >= 0.6 is 12.6 Å². The summed E-state index contributed by atoms with van der Waals surface area (Å²) < 4.78 is 0. The van der Waals surface area contributed by atoms with Crippen molar-refractivity contribution in [1.29, 1.82) is 0 Å². The van der Waals surface area contributed by atoms with Crippen molar-refractivity contribution in [2.75, 3.05) is 38.5 Å². The van der Waals surface area contributed by atoms with Crippen molar-refractivity contribution < 1.29 is 0 Å². The van der Waals surface area contributed by atoms with Crippen LogP contribution in [0.25, 0.3) is 0 Å². The minimum Gasteiger partial charge on any atom is -0.301 e. The molecule has 0 aromatic rings. The lowest BCUT2D eigenvalue weighted by Crippen LogP contribution is -2.40. The lowest BCUT2D eigenvalue weighted by Gasteiger charge is -2.35. The number of nitrogens with zero attached hydrogens (tertiary/aromatic N) is 2. The SMILES string of the molecule is CCC(CC)(CS)CN1CCC(N2CCCC2)C1. The van der Waals surface area contributed by atoms with Crippen molar-refractivity contribution in [3.8, 4) is 0 Å². The Balaban J connectivity index is 1.84. The molecule has 2 saturated heterocycles. The highest BCUT2D eigenvalue weighted by molar-refractivity contribution is 7.80. The van der Waals surface area contributed by atoms with Crippen LogP contribution in [0.4, 0.5) is 0 Å². The van der Waals surface area contributed by atoms with Crippen LogP contribution in [0.15, 0.2) is 0 Å². The lowest BCUT2D eigenvalue weighted by atomic mass is 9.84. The Morgan fingerprint density at radius 2 is 1.78 bits per heavy atom. The standard InChI is InChI=1S/C15H30N2S/c1-3-15(4-2,13-18)12-16-10-7-14(11-16)17-8-5-6-9-17/h14,18H,3-13H2,1-2H3. The first-order valence-electron chi connectivity index (χ1n) is 7.80. The molecule has 3 heteroatoms. The van der Waals surface area contributed by atoms with Crippen LogP contribution < -0.4 is 0 Å². The average Bonchev–Trinajstić information content (AvgIpc) is 3.07. The molecule has 2 fully saturated rings. The van der Waals surface area contributed by atoms with Gasteiger partial charge in [-0.2, -0.15) is 12.6 Å². The number of hydrogen-bond donors (Lipinski definition) is 1. The van der Waals surface area contributed by atoms with Gasteiger partial charge in [-0.1, -0.05) is 13.8 Å². The first kappa shape index (κ1) is 14.7. The van der Waals surface area contributed by atoms with E-state index in [9.17, 15) is 0 Å². The summed E-state index contributed by atoms with van der Waals surface area (Å²) in [6.45, 7) is 11.2. The summed E-state index contributed by atoms with van der Waals surface area (Å²) in [4.78, 5) is 5.42. The molecule has 0 N–H and O–H groups in total. The van der Waals surface area contributed by atoms with Crippen LogP contribution in [-0.4, -0.2) is 54.3 Å². The Labute approximate surface area is 119 Å². The van der Waals surface area contributed by atoms with Gasteiger partial charge in [-0.05, 0) is 62.9 Å². The van der Waals surface area contributed by atoms with Gasteiger partial charge in [0.2, 0.25) is 0 Å². The van der Waals surface area contributed by atoms with Gasteiger partial charge in [-0.25, -0.2) is 0 Å². The number of likely N-dealkylation sites (tertiary alicyclic amines) is 2. The third-order valence-electron chi connectivity index (χ3n) is 5.30. The van der Waals surface area contributed by atoms with Gasteiger partial charge in [-0.15, -0.1) is 0 Å². The second-order valence-corrected chi connectivity index (χ2v) is 6.60. The van der Waals surface area contributed by atoms with E-state index < -0.39 is 0 Å². The van der Waals surface area contributed by atoms with E-state index in [1.165, 1.54) is 64.8 Å². The molecule has 2 aliphatic heterocycles. The molecule has 2 rings (SSSR count). The molecule has 0 aliphatic carbocycles. The molecule has 0 amide bonds. The van der Waals surface area contributed by atoms with E-state index >= 15 is 0 Å². The van der Waals surface area contributed by atoms with Crippen LogP contribution in [0.3, 0.4) is 0 Å². The van der Waals surface area contributed by atoms with Gasteiger partial charge in [0.15, 0.2) is 0 Å². The third kappa shape index (κ3) is 3.23. The topological polar surface area (TPSA) is 6.48 Å². The molecule has 106 valence electrons. The Kier molecular flexibility index (Phi) is 5.40. The molecule has 0 bridgehead atoms. The van der Waals surface area contributed by atoms with Crippen LogP contribution in [0.5, 0.6) is 0 Å². The summed E-state index contributed by atoms with van der Waals surface area (Å²) in [6.07, 6.45) is 6.74. The normalized spacial score (nSPS) is 27.2. The zero-order chi connectivity index (χ0) is 13.0. The largest absolute Gasteiger partial charge is 0.301 e. The fourth-order valence-corrected chi connectivity index (χ4v) is 4.13. The average molecular weight is 270 g/mol. The van der Waals surface area contributed by atoms with E-state index in [2.05, 4.69) is 36.3 Å². The van der Waals surface area contributed by atoms with Crippen molar-refractivity contribution in [3.05, 3.63) is 0 Å². The minimum absolute atomic E-state index is 0.447. The molecular weight excluding hydrogens is 240 g/mol. The van der Waals surface area contributed by atoms with Gasteiger partial charge in [-0.3, -0.25) is 4.90 Å². The summed E-state index contributed by atoms with van der Waals surface area (Å²) in [6, 6.07) is 0.846. The number of thiol groups is 1. The molecule has 2 heterocycles.